The lowest BCUT2D eigenvalue weighted by Gasteiger charge is -2.05. The molecule has 2 aromatic carbocycles. The van der Waals surface area contributed by atoms with Gasteiger partial charge in [0.15, 0.2) is 0 Å². The van der Waals surface area contributed by atoms with E-state index in [-0.39, 0.29) is 5.56 Å². The summed E-state index contributed by atoms with van der Waals surface area (Å²) in [5.74, 6) is -0.982. The van der Waals surface area contributed by atoms with Crippen LogP contribution in [0.5, 0.6) is 0 Å². The largest absolute Gasteiger partial charge is 0.478 e. The number of imidazole rings is 1. The first-order valence-corrected chi connectivity index (χ1v) is 6.35. The molecule has 0 fully saturated rings. The Morgan fingerprint density at radius 3 is 2.67 bits per heavy atom. The molecule has 0 radical (unpaired) electrons. The monoisotopic (exact) mass is 277 g/mol. The van der Waals surface area contributed by atoms with Crippen LogP contribution in [0.4, 0.5) is 0 Å². The van der Waals surface area contributed by atoms with Crippen LogP contribution in [0.25, 0.3) is 11.0 Å². The topological polar surface area (TPSA) is 78.9 Å². The molecule has 1 heterocycles. The molecule has 0 unspecified atom stereocenters. The summed E-state index contributed by atoms with van der Waals surface area (Å²) in [4.78, 5) is 15.4. The SMILES string of the molecule is N#Cc1ccc(Cn2cnc3c(C(=O)O)cccc32)cc1. The van der Waals surface area contributed by atoms with Crippen molar-refractivity contribution in [2.45, 2.75) is 6.54 Å². The summed E-state index contributed by atoms with van der Waals surface area (Å²) in [7, 11) is 0. The lowest BCUT2D eigenvalue weighted by atomic mass is 10.1. The Morgan fingerprint density at radius 2 is 2.00 bits per heavy atom. The van der Waals surface area contributed by atoms with Crippen LogP contribution in [0.15, 0.2) is 48.8 Å². The highest BCUT2D eigenvalue weighted by atomic mass is 16.4. The number of hydrogen-bond donors (Lipinski definition) is 1. The van der Waals surface area contributed by atoms with Crippen LogP contribution < -0.4 is 0 Å². The number of carboxylic acids is 1. The molecule has 5 heteroatoms. The quantitative estimate of drug-likeness (QED) is 0.798. The highest BCUT2D eigenvalue weighted by Gasteiger charge is 2.12. The molecule has 0 aliphatic heterocycles. The molecule has 0 aliphatic carbocycles. The summed E-state index contributed by atoms with van der Waals surface area (Å²) in [5, 5.41) is 17.9. The van der Waals surface area contributed by atoms with Gasteiger partial charge in [-0.25, -0.2) is 9.78 Å². The van der Waals surface area contributed by atoms with Gasteiger partial charge in [0.05, 0.1) is 29.0 Å². The van der Waals surface area contributed by atoms with E-state index in [1.54, 1.807) is 30.6 Å². The van der Waals surface area contributed by atoms with Gasteiger partial charge in [0.1, 0.15) is 5.52 Å². The Kier molecular flexibility index (Phi) is 3.13. The van der Waals surface area contributed by atoms with Crippen LogP contribution in [0.1, 0.15) is 21.5 Å². The predicted octanol–water partition coefficient (Wildman–Crippen LogP) is 2.65. The zero-order valence-electron chi connectivity index (χ0n) is 11.0. The van der Waals surface area contributed by atoms with E-state index in [1.165, 1.54) is 0 Å². The lowest BCUT2D eigenvalue weighted by molar-refractivity contribution is 0.0699. The third-order valence-corrected chi connectivity index (χ3v) is 3.32. The second-order valence-electron chi connectivity index (χ2n) is 4.66. The van der Waals surface area contributed by atoms with E-state index < -0.39 is 5.97 Å². The van der Waals surface area contributed by atoms with Crippen molar-refractivity contribution in [3.63, 3.8) is 0 Å². The molecular formula is C16H11N3O2. The minimum Gasteiger partial charge on any atom is -0.478 e. The molecule has 5 nitrogen and oxygen atoms in total. The van der Waals surface area contributed by atoms with Crippen LogP contribution in [0.2, 0.25) is 0 Å². The molecule has 0 amide bonds. The number of benzene rings is 2. The number of aromatic nitrogens is 2. The molecule has 3 aromatic rings. The number of carboxylic acid groups (broad SMARTS) is 1. The van der Waals surface area contributed by atoms with Crippen molar-refractivity contribution in [2.75, 3.05) is 0 Å². The lowest BCUT2D eigenvalue weighted by Crippen LogP contribution is -2.00. The maximum absolute atomic E-state index is 11.2. The van der Waals surface area contributed by atoms with Gasteiger partial charge in [-0.05, 0) is 29.8 Å². The first kappa shape index (κ1) is 12.9. The fourth-order valence-corrected chi connectivity index (χ4v) is 2.27. The molecule has 3 rings (SSSR count). The number of nitriles is 1. The number of aromatic carboxylic acids is 1. The van der Waals surface area contributed by atoms with Crippen LogP contribution in [-0.4, -0.2) is 20.6 Å². The first-order chi connectivity index (χ1) is 10.2. The molecule has 0 aliphatic rings. The summed E-state index contributed by atoms with van der Waals surface area (Å²) in [6.45, 7) is 0.575. The molecule has 102 valence electrons. The average molecular weight is 277 g/mol. The normalized spacial score (nSPS) is 10.4. The van der Waals surface area contributed by atoms with Crippen molar-refractivity contribution >= 4 is 17.0 Å². The number of fused-ring (bicyclic) bond motifs is 1. The highest BCUT2D eigenvalue weighted by molar-refractivity contribution is 6.00. The maximum Gasteiger partial charge on any atom is 0.337 e. The fourth-order valence-electron chi connectivity index (χ4n) is 2.27. The molecule has 1 N–H and O–H groups in total. The minimum atomic E-state index is -0.982. The van der Waals surface area contributed by atoms with Gasteiger partial charge in [-0.15, -0.1) is 0 Å². The average Bonchev–Trinajstić information content (AvgIpc) is 2.91. The van der Waals surface area contributed by atoms with E-state index in [0.29, 0.717) is 17.6 Å². The number of rotatable bonds is 3. The van der Waals surface area contributed by atoms with E-state index in [0.717, 1.165) is 11.1 Å². The van der Waals surface area contributed by atoms with Crippen molar-refractivity contribution < 1.29 is 9.90 Å². The predicted molar refractivity (Wildman–Crippen MR) is 77.0 cm³/mol. The highest BCUT2D eigenvalue weighted by Crippen LogP contribution is 2.19. The Balaban J connectivity index is 1.99. The van der Waals surface area contributed by atoms with Crippen molar-refractivity contribution in [2.24, 2.45) is 0 Å². The molecule has 0 atom stereocenters. The van der Waals surface area contributed by atoms with E-state index in [4.69, 9.17) is 10.4 Å². The zero-order chi connectivity index (χ0) is 14.8. The van der Waals surface area contributed by atoms with Gasteiger partial charge in [0.25, 0.3) is 0 Å². The third kappa shape index (κ3) is 2.35. The Bertz CT molecular complexity index is 857. The molecule has 0 bridgehead atoms. The van der Waals surface area contributed by atoms with Gasteiger partial charge in [-0.2, -0.15) is 5.26 Å². The van der Waals surface area contributed by atoms with Gasteiger partial charge in [-0.1, -0.05) is 18.2 Å². The fraction of sp³-hybridized carbons (Fsp3) is 0.0625. The molecule has 0 saturated heterocycles. The molecule has 1 aromatic heterocycles. The molecular weight excluding hydrogens is 266 g/mol. The molecule has 21 heavy (non-hydrogen) atoms. The summed E-state index contributed by atoms with van der Waals surface area (Å²) >= 11 is 0. The first-order valence-electron chi connectivity index (χ1n) is 6.35. The van der Waals surface area contributed by atoms with Crippen LogP contribution in [0, 0.1) is 11.3 Å². The van der Waals surface area contributed by atoms with Crippen LogP contribution in [0.3, 0.4) is 0 Å². The van der Waals surface area contributed by atoms with Gasteiger partial charge < -0.3 is 9.67 Å². The second kappa shape index (κ2) is 5.10. The van der Waals surface area contributed by atoms with Crippen molar-refractivity contribution in [1.82, 2.24) is 9.55 Å². The summed E-state index contributed by atoms with van der Waals surface area (Å²) in [5.41, 5.74) is 3.10. The Labute approximate surface area is 120 Å². The van der Waals surface area contributed by atoms with E-state index in [1.807, 2.05) is 22.8 Å². The number of para-hydroxylation sites is 1. The third-order valence-electron chi connectivity index (χ3n) is 3.32. The summed E-state index contributed by atoms with van der Waals surface area (Å²) in [6, 6.07) is 14.5. The van der Waals surface area contributed by atoms with Gasteiger partial charge in [0.2, 0.25) is 0 Å². The van der Waals surface area contributed by atoms with E-state index >= 15 is 0 Å². The summed E-state index contributed by atoms with van der Waals surface area (Å²) < 4.78 is 1.89. The van der Waals surface area contributed by atoms with Gasteiger partial charge in [0, 0.05) is 6.54 Å². The van der Waals surface area contributed by atoms with Crippen molar-refractivity contribution in [3.8, 4) is 6.07 Å². The Hall–Kier alpha value is -3.13. The zero-order valence-corrected chi connectivity index (χ0v) is 11.0. The summed E-state index contributed by atoms with van der Waals surface area (Å²) in [6.07, 6.45) is 1.63. The van der Waals surface area contributed by atoms with Crippen LogP contribution in [-0.2, 0) is 6.54 Å². The van der Waals surface area contributed by atoms with Crippen LogP contribution >= 0.6 is 0 Å². The van der Waals surface area contributed by atoms with Crippen molar-refractivity contribution in [1.29, 1.82) is 5.26 Å². The van der Waals surface area contributed by atoms with E-state index in [2.05, 4.69) is 11.1 Å². The minimum absolute atomic E-state index is 0.200. The van der Waals surface area contributed by atoms with E-state index in [9.17, 15) is 4.79 Å². The number of carbonyl (C=O) groups is 1. The number of hydrogen-bond acceptors (Lipinski definition) is 3. The van der Waals surface area contributed by atoms with Crippen molar-refractivity contribution in [3.05, 3.63) is 65.5 Å². The van der Waals surface area contributed by atoms with Gasteiger partial charge in [-0.3, -0.25) is 0 Å². The maximum atomic E-state index is 11.2. The standard InChI is InChI=1S/C16H11N3O2/c17-8-11-4-6-12(7-5-11)9-19-10-18-15-13(16(20)21)2-1-3-14(15)19/h1-7,10H,9H2,(H,20,21). The van der Waals surface area contributed by atoms with Gasteiger partial charge >= 0.3 is 5.97 Å². The molecule has 0 spiro atoms. The second-order valence-corrected chi connectivity index (χ2v) is 4.66. The molecule has 0 saturated carbocycles. The smallest absolute Gasteiger partial charge is 0.337 e. The number of nitrogens with zero attached hydrogens (tertiary/aromatic N) is 3. The Morgan fingerprint density at radius 1 is 1.24 bits per heavy atom.